The van der Waals surface area contributed by atoms with Crippen LogP contribution in [0.1, 0.15) is 43.6 Å². The maximum absolute atomic E-state index is 12.1. The van der Waals surface area contributed by atoms with Crippen LogP contribution in [0.25, 0.3) is 0 Å². The summed E-state index contributed by atoms with van der Waals surface area (Å²) >= 11 is 0. The molecule has 0 N–H and O–H groups in total. The highest BCUT2D eigenvalue weighted by Crippen LogP contribution is 2.31. The quantitative estimate of drug-likeness (QED) is 0.798. The second kappa shape index (κ2) is 5.13. The average molecular weight is 243 g/mol. The standard InChI is InChI=1S/C16H21NO/c18-16-10-15(14-8-2-1-3-9-14)12-17(16)11-13-6-4-5-7-13/h1-3,8-9,13,15H,4-7,10-12H2. The molecule has 0 spiro atoms. The molecule has 0 bridgehead atoms. The molecule has 1 saturated carbocycles. The Balaban J connectivity index is 1.63. The summed E-state index contributed by atoms with van der Waals surface area (Å²) in [5.74, 6) is 1.54. The van der Waals surface area contributed by atoms with E-state index in [4.69, 9.17) is 0 Å². The minimum Gasteiger partial charge on any atom is -0.342 e. The first-order valence-electron chi connectivity index (χ1n) is 7.15. The molecular weight excluding hydrogens is 222 g/mol. The second-order valence-electron chi connectivity index (χ2n) is 5.76. The molecule has 3 rings (SSSR count). The fourth-order valence-corrected chi connectivity index (χ4v) is 3.40. The van der Waals surface area contributed by atoms with Gasteiger partial charge in [0.05, 0.1) is 0 Å². The zero-order valence-corrected chi connectivity index (χ0v) is 10.8. The Labute approximate surface area is 109 Å². The Morgan fingerprint density at radius 2 is 1.83 bits per heavy atom. The van der Waals surface area contributed by atoms with Crippen molar-refractivity contribution < 1.29 is 4.79 Å². The van der Waals surface area contributed by atoms with Crippen molar-refractivity contribution in [1.82, 2.24) is 4.90 Å². The Hall–Kier alpha value is -1.31. The topological polar surface area (TPSA) is 20.3 Å². The van der Waals surface area contributed by atoms with Gasteiger partial charge in [-0.05, 0) is 24.3 Å². The van der Waals surface area contributed by atoms with Crippen LogP contribution >= 0.6 is 0 Å². The number of nitrogens with zero attached hydrogens (tertiary/aromatic N) is 1. The molecule has 2 nitrogen and oxygen atoms in total. The number of carbonyl (C=O) groups is 1. The van der Waals surface area contributed by atoms with Gasteiger partial charge in [0, 0.05) is 25.4 Å². The second-order valence-corrected chi connectivity index (χ2v) is 5.76. The lowest BCUT2D eigenvalue weighted by Gasteiger charge is -2.20. The van der Waals surface area contributed by atoms with Gasteiger partial charge in [-0.1, -0.05) is 43.2 Å². The van der Waals surface area contributed by atoms with Gasteiger partial charge in [0.15, 0.2) is 0 Å². The van der Waals surface area contributed by atoms with Crippen molar-refractivity contribution in [2.24, 2.45) is 5.92 Å². The predicted molar refractivity (Wildman–Crippen MR) is 72.3 cm³/mol. The molecule has 18 heavy (non-hydrogen) atoms. The van der Waals surface area contributed by atoms with Crippen molar-refractivity contribution in [3.8, 4) is 0 Å². The van der Waals surface area contributed by atoms with E-state index in [1.165, 1.54) is 31.2 Å². The molecule has 2 aliphatic rings. The maximum Gasteiger partial charge on any atom is 0.223 e. The van der Waals surface area contributed by atoms with Crippen LogP contribution in [0.4, 0.5) is 0 Å². The summed E-state index contributed by atoms with van der Waals surface area (Å²) in [4.78, 5) is 14.2. The Morgan fingerprint density at radius 3 is 2.56 bits per heavy atom. The Morgan fingerprint density at radius 1 is 1.11 bits per heavy atom. The maximum atomic E-state index is 12.1. The first-order valence-corrected chi connectivity index (χ1v) is 7.15. The van der Waals surface area contributed by atoms with Crippen molar-refractivity contribution in [3.63, 3.8) is 0 Å². The van der Waals surface area contributed by atoms with E-state index in [2.05, 4.69) is 29.2 Å². The normalized spacial score (nSPS) is 25.0. The van der Waals surface area contributed by atoms with Gasteiger partial charge < -0.3 is 4.90 Å². The van der Waals surface area contributed by atoms with E-state index in [0.29, 0.717) is 18.2 Å². The molecule has 2 heteroatoms. The average Bonchev–Trinajstić information content (AvgIpc) is 3.02. The first-order chi connectivity index (χ1) is 8.83. The molecular formula is C16H21NO. The summed E-state index contributed by atoms with van der Waals surface area (Å²) in [6.45, 7) is 1.93. The van der Waals surface area contributed by atoms with Crippen LogP contribution in [0.2, 0.25) is 0 Å². The van der Waals surface area contributed by atoms with Gasteiger partial charge in [0.1, 0.15) is 0 Å². The van der Waals surface area contributed by atoms with Crippen LogP contribution in [0.3, 0.4) is 0 Å². The van der Waals surface area contributed by atoms with Crippen molar-refractivity contribution in [2.45, 2.75) is 38.0 Å². The van der Waals surface area contributed by atoms with Crippen LogP contribution < -0.4 is 0 Å². The number of amides is 1. The fourth-order valence-electron chi connectivity index (χ4n) is 3.40. The number of carbonyl (C=O) groups excluding carboxylic acids is 1. The van der Waals surface area contributed by atoms with E-state index < -0.39 is 0 Å². The molecule has 1 aliphatic carbocycles. The number of hydrogen-bond acceptors (Lipinski definition) is 1. The van der Waals surface area contributed by atoms with Gasteiger partial charge in [0.25, 0.3) is 0 Å². The number of benzene rings is 1. The largest absolute Gasteiger partial charge is 0.342 e. The monoisotopic (exact) mass is 243 g/mol. The third kappa shape index (κ3) is 2.43. The lowest BCUT2D eigenvalue weighted by atomic mass is 9.98. The number of likely N-dealkylation sites (tertiary alicyclic amines) is 1. The zero-order valence-electron chi connectivity index (χ0n) is 10.8. The molecule has 96 valence electrons. The smallest absolute Gasteiger partial charge is 0.223 e. The summed E-state index contributed by atoms with van der Waals surface area (Å²) in [5, 5.41) is 0. The molecule has 1 aromatic rings. The third-order valence-corrected chi connectivity index (χ3v) is 4.44. The van der Waals surface area contributed by atoms with Crippen LogP contribution in [-0.4, -0.2) is 23.9 Å². The number of rotatable bonds is 3. The minimum atomic E-state index is 0.357. The summed E-state index contributed by atoms with van der Waals surface area (Å²) < 4.78 is 0. The molecule has 1 amide bonds. The highest BCUT2D eigenvalue weighted by molar-refractivity contribution is 5.79. The molecule has 1 aliphatic heterocycles. The van der Waals surface area contributed by atoms with Gasteiger partial charge in [-0.15, -0.1) is 0 Å². The molecule has 0 aromatic heterocycles. The Bertz CT molecular complexity index is 408. The SMILES string of the molecule is O=C1CC(c2ccccc2)CN1CC1CCCC1. The van der Waals surface area contributed by atoms with Gasteiger partial charge in [-0.25, -0.2) is 0 Å². The molecule has 1 heterocycles. The summed E-state index contributed by atoms with van der Waals surface area (Å²) in [6, 6.07) is 10.5. The minimum absolute atomic E-state index is 0.357. The molecule has 1 unspecified atom stereocenters. The summed E-state index contributed by atoms with van der Waals surface area (Å²) in [7, 11) is 0. The first kappa shape index (κ1) is 11.8. The van der Waals surface area contributed by atoms with Crippen molar-refractivity contribution in [3.05, 3.63) is 35.9 Å². The third-order valence-electron chi connectivity index (χ3n) is 4.44. The van der Waals surface area contributed by atoms with E-state index in [1.807, 2.05) is 6.07 Å². The lowest BCUT2D eigenvalue weighted by Crippen LogP contribution is -2.30. The summed E-state index contributed by atoms with van der Waals surface area (Å²) in [5.41, 5.74) is 1.32. The fraction of sp³-hybridized carbons (Fsp3) is 0.562. The molecule has 1 saturated heterocycles. The van der Waals surface area contributed by atoms with Crippen LogP contribution in [0.15, 0.2) is 30.3 Å². The van der Waals surface area contributed by atoms with Crippen molar-refractivity contribution in [2.75, 3.05) is 13.1 Å². The Kier molecular flexibility index (Phi) is 3.35. The number of hydrogen-bond donors (Lipinski definition) is 0. The van der Waals surface area contributed by atoms with E-state index in [9.17, 15) is 4.79 Å². The molecule has 0 radical (unpaired) electrons. The van der Waals surface area contributed by atoms with E-state index in [1.54, 1.807) is 0 Å². The molecule has 1 atom stereocenters. The molecule has 2 fully saturated rings. The van der Waals surface area contributed by atoms with E-state index in [-0.39, 0.29) is 0 Å². The van der Waals surface area contributed by atoms with Gasteiger partial charge in [-0.2, -0.15) is 0 Å². The van der Waals surface area contributed by atoms with Gasteiger partial charge >= 0.3 is 0 Å². The van der Waals surface area contributed by atoms with E-state index in [0.717, 1.165) is 19.0 Å². The van der Waals surface area contributed by atoms with Gasteiger partial charge in [0.2, 0.25) is 5.91 Å². The highest BCUT2D eigenvalue weighted by atomic mass is 16.2. The predicted octanol–water partition coefficient (Wildman–Crippen LogP) is 3.19. The van der Waals surface area contributed by atoms with Crippen LogP contribution in [-0.2, 0) is 4.79 Å². The van der Waals surface area contributed by atoms with Crippen LogP contribution in [0.5, 0.6) is 0 Å². The van der Waals surface area contributed by atoms with Crippen molar-refractivity contribution >= 4 is 5.91 Å². The highest BCUT2D eigenvalue weighted by Gasteiger charge is 2.32. The lowest BCUT2D eigenvalue weighted by molar-refractivity contribution is -0.128. The van der Waals surface area contributed by atoms with Crippen LogP contribution in [0, 0.1) is 5.92 Å². The molecule has 1 aromatic carbocycles. The summed E-state index contributed by atoms with van der Waals surface area (Å²) in [6.07, 6.45) is 6.06. The zero-order chi connectivity index (χ0) is 12.4. The van der Waals surface area contributed by atoms with Gasteiger partial charge in [-0.3, -0.25) is 4.79 Å². The van der Waals surface area contributed by atoms with E-state index >= 15 is 0 Å². The van der Waals surface area contributed by atoms with Crippen molar-refractivity contribution in [1.29, 1.82) is 0 Å².